The zero-order valence-electron chi connectivity index (χ0n) is 8.74. The number of nitrogens with two attached hydrogens (primary N) is 1. The quantitative estimate of drug-likeness (QED) is 0.508. The molecule has 0 heterocycles. The molecular weight excluding hydrogens is 388 g/mol. The molecule has 0 bridgehead atoms. The molecule has 1 nitrogen and oxygen atoms in total. The molecular formula is C10H20I2N-. The van der Waals surface area contributed by atoms with E-state index < -0.39 is 0 Å². The molecule has 0 aliphatic heterocycles. The van der Waals surface area contributed by atoms with E-state index in [1.54, 1.807) is 0 Å². The van der Waals surface area contributed by atoms with Gasteiger partial charge < -0.3 is 0 Å². The Balaban J connectivity index is 2.39. The van der Waals surface area contributed by atoms with E-state index in [9.17, 15) is 0 Å². The standard InChI is InChI=1S/C10H20I2N/c1-9(2,13)6-7-10(3,12-11)8-4-5-8/h8H,4-7,13H2,1-3H3/q-1/t10-/m1/s1. The number of hydrogen-bond donors (Lipinski definition) is 1. The fraction of sp³-hybridized carbons (Fsp3) is 1.00. The number of halogens is 2. The van der Waals surface area contributed by atoms with E-state index in [2.05, 4.69) is 39.4 Å². The van der Waals surface area contributed by atoms with Crippen LogP contribution in [0.2, 0.25) is 0 Å². The van der Waals surface area contributed by atoms with Crippen molar-refractivity contribution in [3.63, 3.8) is 0 Å². The summed E-state index contributed by atoms with van der Waals surface area (Å²) in [6.45, 7) is 6.77. The Bertz CT molecular complexity index is 172. The van der Waals surface area contributed by atoms with Gasteiger partial charge in [0.15, 0.2) is 0 Å². The first kappa shape index (κ1) is 12.5. The van der Waals surface area contributed by atoms with Gasteiger partial charge in [-0.15, -0.1) is 0 Å². The zero-order valence-corrected chi connectivity index (χ0v) is 13.1. The summed E-state index contributed by atoms with van der Waals surface area (Å²) in [6.07, 6.45) is 5.48. The van der Waals surface area contributed by atoms with Crippen LogP contribution in [0.1, 0.15) is 46.5 Å². The molecule has 0 aromatic heterocycles. The molecule has 0 amide bonds. The summed E-state index contributed by atoms with van der Waals surface area (Å²) in [5.74, 6) is 1.04. The molecule has 1 aliphatic carbocycles. The predicted octanol–water partition coefficient (Wildman–Crippen LogP) is 0.112. The first-order valence-corrected chi connectivity index (χ1v) is 12.3. The van der Waals surface area contributed by atoms with Crippen LogP contribution in [0.25, 0.3) is 0 Å². The summed E-state index contributed by atoms with van der Waals surface area (Å²) in [5, 5.41) is 0. The summed E-state index contributed by atoms with van der Waals surface area (Å²) in [7, 11) is 0. The van der Waals surface area contributed by atoms with Gasteiger partial charge in [0.25, 0.3) is 0 Å². The first-order valence-electron chi connectivity index (χ1n) is 4.93. The average Bonchev–Trinajstić information content (AvgIpc) is 2.81. The number of hydrogen-bond acceptors (Lipinski definition) is 1. The Kier molecular flexibility index (Phi) is 4.33. The third-order valence-electron chi connectivity index (χ3n) is 2.85. The summed E-state index contributed by atoms with van der Waals surface area (Å²) in [6, 6.07) is 0. The van der Waals surface area contributed by atoms with Crippen LogP contribution >= 0.6 is 18.6 Å². The third-order valence-corrected chi connectivity index (χ3v) is 11.4. The molecule has 0 unspecified atom stereocenters. The topological polar surface area (TPSA) is 26.0 Å². The van der Waals surface area contributed by atoms with Gasteiger partial charge in [-0.2, -0.15) is 0 Å². The van der Waals surface area contributed by atoms with Crippen molar-refractivity contribution in [1.29, 1.82) is 0 Å². The molecule has 0 aromatic rings. The van der Waals surface area contributed by atoms with E-state index in [0.29, 0.717) is 20.7 Å². The van der Waals surface area contributed by atoms with Gasteiger partial charge in [-0.3, -0.25) is 0 Å². The summed E-state index contributed by atoms with van der Waals surface area (Å²) >= 11 is 2.98. The van der Waals surface area contributed by atoms with Crippen LogP contribution in [0.3, 0.4) is 0 Å². The molecule has 0 saturated heterocycles. The fourth-order valence-electron chi connectivity index (χ4n) is 1.55. The maximum absolute atomic E-state index is 6.03. The Labute approximate surface area is 102 Å². The van der Waals surface area contributed by atoms with Crippen molar-refractivity contribution in [3.8, 4) is 0 Å². The first-order chi connectivity index (χ1) is 5.87. The minimum absolute atomic E-state index is 0.0334. The van der Waals surface area contributed by atoms with Crippen LogP contribution in [0.5, 0.6) is 0 Å². The monoisotopic (exact) mass is 408 g/mol. The van der Waals surface area contributed by atoms with E-state index in [1.807, 2.05) is 0 Å². The van der Waals surface area contributed by atoms with E-state index in [0.717, 1.165) is 5.92 Å². The van der Waals surface area contributed by atoms with Crippen LogP contribution < -0.4 is 23.0 Å². The van der Waals surface area contributed by atoms with Crippen molar-refractivity contribution in [2.45, 2.75) is 55.4 Å². The molecule has 1 rings (SSSR count). The van der Waals surface area contributed by atoms with Crippen molar-refractivity contribution >= 4 is 18.6 Å². The van der Waals surface area contributed by atoms with Crippen LogP contribution in [-0.4, -0.2) is 8.96 Å². The van der Waals surface area contributed by atoms with E-state index in [4.69, 9.17) is 5.73 Å². The maximum atomic E-state index is 6.03. The summed E-state index contributed by atoms with van der Waals surface area (Å²) in [5.41, 5.74) is 6.06. The van der Waals surface area contributed by atoms with E-state index in [-0.39, 0.29) is 5.54 Å². The second kappa shape index (κ2) is 4.51. The SMILES string of the molecule is CC(C)(N)CC[C@@](C)([I-]I)C1CC1. The Morgan fingerprint density at radius 2 is 1.85 bits per heavy atom. The molecule has 0 radical (unpaired) electrons. The second-order valence-electron chi connectivity index (χ2n) is 5.11. The average molecular weight is 408 g/mol. The molecule has 3 heteroatoms. The van der Waals surface area contributed by atoms with Crippen LogP contribution in [0.4, 0.5) is 0 Å². The molecule has 1 saturated carbocycles. The van der Waals surface area contributed by atoms with Crippen molar-refractivity contribution in [3.05, 3.63) is 0 Å². The normalized spacial score (nSPS) is 23.2. The number of alkyl halides is 1. The fourth-order valence-corrected chi connectivity index (χ4v) is 6.58. The molecule has 2 N–H and O–H groups in total. The van der Waals surface area contributed by atoms with Crippen molar-refractivity contribution in [1.82, 2.24) is 0 Å². The Morgan fingerprint density at radius 3 is 2.15 bits per heavy atom. The van der Waals surface area contributed by atoms with E-state index >= 15 is 0 Å². The van der Waals surface area contributed by atoms with Gasteiger partial charge in [0.1, 0.15) is 0 Å². The molecule has 1 aliphatic rings. The third kappa shape index (κ3) is 4.20. The summed E-state index contributed by atoms with van der Waals surface area (Å²) in [4.78, 5) is 0. The molecule has 13 heavy (non-hydrogen) atoms. The molecule has 1 atom stereocenters. The minimum atomic E-state index is 0.0334. The van der Waals surface area contributed by atoms with Crippen molar-refractivity contribution in [2.24, 2.45) is 11.7 Å². The Hall–Kier alpha value is 1.42. The predicted molar refractivity (Wildman–Crippen MR) is 62.6 cm³/mol. The van der Waals surface area contributed by atoms with Gasteiger partial charge >= 0.3 is 103 Å². The van der Waals surface area contributed by atoms with Gasteiger partial charge in [-0.1, -0.05) is 0 Å². The van der Waals surface area contributed by atoms with Gasteiger partial charge in [-0.25, -0.2) is 0 Å². The van der Waals surface area contributed by atoms with Gasteiger partial charge in [0.05, 0.1) is 0 Å². The second-order valence-corrected chi connectivity index (χ2v) is 10.7. The molecule has 80 valence electrons. The van der Waals surface area contributed by atoms with Gasteiger partial charge in [0, 0.05) is 0 Å². The summed E-state index contributed by atoms with van der Waals surface area (Å²) < 4.78 is 0.677. The van der Waals surface area contributed by atoms with Gasteiger partial charge in [0.2, 0.25) is 0 Å². The molecule has 0 spiro atoms. The molecule has 1 fully saturated rings. The molecule has 0 aromatic carbocycles. The van der Waals surface area contributed by atoms with Crippen LogP contribution in [0, 0.1) is 5.92 Å². The Morgan fingerprint density at radius 1 is 1.31 bits per heavy atom. The van der Waals surface area contributed by atoms with Gasteiger partial charge in [-0.05, 0) is 0 Å². The van der Waals surface area contributed by atoms with Crippen molar-refractivity contribution < 1.29 is 17.2 Å². The number of rotatable bonds is 5. The van der Waals surface area contributed by atoms with Crippen LogP contribution in [0.15, 0.2) is 0 Å². The van der Waals surface area contributed by atoms with Crippen molar-refractivity contribution in [2.75, 3.05) is 0 Å². The van der Waals surface area contributed by atoms with E-state index in [1.165, 1.54) is 25.7 Å². The van der Waals surface area contributed by atoms with Crippen LogP contribution in [-0.2, 0) is 0 Å². The zero-order chi connectivity index (χ0) is 10.1.